The smallest absolute Gasteiger partial charge is 0.248 e. The predicted octanol–water partition coefficient (Wildman–Crippen LogP) is 1.12. The lowest BCUT2D eigenvalue weighted by Crippen LogP contribution is -2.33. The van der Waals surface area contributed by atoms with Crippen LogP contribution in [0.5, 0.6) is 0 Å². The van der Waals surface area contributed by atoms with E-state index in [4.69, 9.17) is 4.74 Å². The average molecular weight is 218 g/mol. The SMILES string of the molecule is CC1=N[C@@H](C(=O)NCc2ccccc2)CO1. The number of carbonyl (C=O) groups is 1. The van der Waals surface area contributed by atoms with Crippen molar-refractivity contribution in [3.8, 4) is 0 Å². The first kappa shape index (κ1) is 10.7. The number of benzene rings is 1. The van der Waals surface area contributed by atoms with Gasteiger partial charge in [0, 0.05) is 13.5 Å². The number of nitrogens with zero attached hydrogens (tertiary/aromatic N) is 1. The van der Waals surface area contributed by atoms with E-state index in [-0.39, 0.29) is 11.9 Å². The van der Waals surface area contributed by atoms with Gasteiger partial charge in [0.2, 0.25) is 5.91 Å². The monoisotopic (exact) mass is 218 g/mol. The maximum atomic E-state index is 11.7. The van der Waals surface area contributed by atoms with E-state index in [1.54, 1.807) is 6.92 Å². The number of nitrogens with one attached hydrogen (secondary N) is 1. The molecule has 1 N–H and O–H groups in total. The predicted molar refractivity (Wildman–Crippen MR) is 61.1 cm³/mol. The topological polar surface area (TPSA) is 50.7 Å². The molecule has 1 aromatic carbocycles. The first-order chi connectivity index (χ1) is 7.75. The Morgan fingerprint density at radius 3 is 2.88 bits per heavy atom. The molecule has 16 heavy (non-hydrogen) atoms. The Kier molecular flexibility index (Phi) is 3.19. The van der Waals surface area contributed by atoms with E-state index in [0.717, 1.165) is 5.56 Å². The van der Waals surface area contributed by atoms with Gasteiger partial charge in [-0.2, -0.15) is 0 Å². The largest absolute Gasteiger partial charge is 0.478 e. The van der Waals surface area contributed by atoms with Crippen molar-refractivity contribution in [2.45, 2.75) is 19.5 Å². The summed E-state index contributed by atoms with van der Waals surface area (Å²) in [4.78, 5) is 15.7. The summed E-state index contributed by atoms with van der Waals surface area (Å²) in [7, 11) is 0. The average Bonchev–Trinajstić information content (AvgIpc) is 2.74. The molecule has 2 rings (SSSR count). The van der Waals surface area contributed by atoms with E-state index in [9.17, 15) is 4.79 Å². The molecule has 0 radical (unpaired) electrons. The van der Waals surface area contributed by atoms with Crippen LogP contribution < -0.4 is 5.32 Å². The van der Waals surface area contributed by atoms with Crippen molar-refractivity contribution in [2.75, 3.05) is 6.61 Å². The number of rotatable bonds is 3. The van der Waals surface area contributed by atoms with E-state index in [1.165, 1.54) is 0 Å². The minimum absolute atomic E-state index is 0.0827. The summed E-state index contributed by atoms with van der Waals surface area (Å²) in [6, 6.07) is 9.40. The second-order valence-electron chi connectivity index (χ2n) is 3.68. The first-order valence-electron chi connectivity index (χ1n) is 5.24. The molecule has 4 heteroatoms. The Morgan fingerprint density at radius 2 is 2.25 bits per heavy atom. The van der Waals surface area contributed by atoms with Gasteiger partial charge in [-0.15, -0.1) is 0 Å². The van der Waals surface area contributed by atoms with Crippen molar-refractivity contribution in [3.63, 3.8) is 0 Å². The molecule has 1 amide bonds. The molecule has 1 aliphatic rings. The molecule has 0 saturated heterocycles. The summed E-state index contributed by atoms with van der Waals surface area (Å²) < 4.78 is 5.13. The Labute approximate surface area is 94.3 Å². The third-order valence-corrected chi connectivity index (χ3v) is 2.40. The van der Waals surface area contributed by atoms with Gasteiger partial charge in [0.1, 0.15) is 6.61 Å². The highest BCUT2D eigenvalue weighted by atomic mass is 16.5. The maximum absolute atomic E-state index is 11.7. The van der Waals surface area contributed by atoms with E-state index in [1.807, 2.05) is 30.3 Å². The van der Waals surface area contributed by atoms with Gasteiger partial charge in [-0.1, -0.05) is 30.3 Å². The molecule has 84 valence electrons. The number of ether oxygens (including phenoxy) is 1. The highest BCUT2D eigenvalue weighted by Gasteiger charge is 2.23. The molecular weight excluding hydrogens is 204 g/mol. The molecule has 1 atom stereocenters. The quantitative estimate of drug-likeness (QED) is 0.826. The Balaban J connectivity index is 1.85. The molecule has 0 aromatic heterocycles. The summed E-state index contributed by atoms with van der Waals surface area (Å²) in [6.45, 7) is 2.64. The van der Waals surface area contributed by atoms with Gasteiger partial charge in [0.25, 0.3) is 0 Å². The maximum Gasteiger partial charge on any atom is 0.248 e. The normalized spacial score (nSPS) is 18.8. The number of amides is 1. The second-order valence-corrected chi connectivity index (χ2v) is 3.68. The van der Waals surface area contributed by atoms with Crippen LogP contribution >= 0.6 is 0 Å². The molecule has 1 aliphatic heterocycles. The summed E-state index contributed by atoms with van der Waals surface area (Å²) in [5, 5.41) is 2.84. The van der Waals surface area contributed by atoms with Crippen LogP contribution in [0.15, 0.2) is 35.3 Å². The fraction of sp³-hybridized carbons (Fsp3) is 0.333. The van der Waals surface area contributed by atoms with Crippen molar-refractivity contribution in [2.24, 2.45) is 4.99 Å². The first-order valence-corrected chi connectivity index (χ1v) is 5.24. The molecule has 0 unspecified atom stereocenters. The van der Waals surface area contributed by atoms with Crippen LogP contribution in [0.1, 0.15) is 12.5 Å². The van der Waals surface area contributed by atoms with Gasteiger partial charge >= 0.3 is 0 Å². The van der Waals surface area contributed by atoms with Crippen LogP contribution in [-0.2, 0) is 16.1 Å². The highest BCUT2D eigenvalue weighted by molar-refractivity contribution is 5.87. The molecule has 0 spiro atoms. The molecular formula is C12H14N2O2. The van der Waals surface area contributed by atoms with Crippen LogP contribution in [0.4, 0.5) is 0 Å². The third-order valence-electron chi connectivity index (χ3n) is 2.40. The Bertz CT molecular complexity index is 401. The lowest BCUT2D eigenvalue weighted by atomic mass is 10.2. The molecule has 0 fully saturated rings. The highest BCUT2D eigenvalue weighted by Crippen LogP contribution is 2.05. The van der Waals surface area contributed by atoms with Crippen LogP contribution in [0.25, 0.3) is 0 Å². The van der Waals surface area contributed by atoms with Gasteiger partial charge in [0.05, 0.1) is 0 Å². The second kappa shape index (κ2) is 4.79. The van der Waals surface area contributed by atoms with Gasteiger partial charge in [0.15, 0.2) is 11.9 Å². The third kappa shape index (κ3) is 2.59. The van der Waals surface area contributed by atoms with Gasteiger partial charge < -0.3 is 10.1 Å². The van der Waals surface area contributed by atoms with E-state index >= 15 is 0 Å². The minimum atomic E-state index is -0.385. The van der Waals surface area contributed by atoms with Gasteiger partial charge in [-0.05, 0) is 5.56 Å². The lowest BCUT2D eigenvalue weighted by molar-refractivity contribution is -0.122. The lowest BCUT2D eigenvalue weighted by Gasteiger charge is -2.07. The van der Waals surface area contributed by atoms with Crippen molar-refractivity contribution in [1.82, 2.24) is 5.32 Å². The number of aliphatic imine (C=N–C) groups is 1. The Morgan fingerprint density at radius 1 is 1.50 bits per heavy atom. The molecule has 0 aliphatic carbocycles. The molecule has 1 aromatic rings. The van der Waals surface area contributed by atoms with Gasteiger partial charge in [-0.3, -0.25) is 4.79 Å². The van der Waals surface area contributed by atoms with Crippen molar-refractivity contribution >= 4 is 11.8 Å². The molecule has 1 heterocycles. The van der Waals surface area contributed by atoms with Crippen LogP contribution in [-0.4, -0.2) is 24.5 Å². The summed E-state index contributed by atoms with van der Waals surface area (Å²) in [5.41, 5.74) is 1.08. The fourth-order valence-electron chi connectivity index (χ4n) is 1.53. The van der Waals surface area contributed by atoms with E-state index in [0.29, 0.717) is 19.0 Å². The zero-order valence-electron chi connectivity index (χ0n) is 9.14. The number of hydrogen-bond acceptors (Lipinski definition) is 3. The van der Waals surface area contributed by atoms with E-state index in [2.05, 4.69) is 10.3 Å². The van der Waals surface area contributed by atoms with E-state index < -0.39 is 0 Å². The minimum Gasteiger partial charge on any atom is -0.478 e. The Hall–Kier alpha value is -1.84. The molecule has 0 saturated carbocycles. The summed E-state index contributed by atoms with van der Waals surface area (Å²) in [6.07, 6.45) is 0. The standard InChI is InChI=1S/C12H14N2O2/c1-9-14-11(8-16-9)12(15)13-7-10-5-3-2-4-6-10/h2-6,11H,7-8H2,1H3,(H,13,15)/t11-/m1/s1. The van der Waals surface area contributed by atoms with Crippen molar-refractivity contribution in [1.29, 1.82) is 0 Å². The summed E-state index contributed by atoms with van der Waals surface area (Å²) in [5.74, 6) is 0.501. The zero-order chi connectivity index (χ0) is 11.4. The number of hydrogen-bond donors (Lipinski definition) is 1. The van der Waals surface area contributed by atoms with Crippen LogP contribution in [0.3, 0.4) is 0 Å². The van der Waals surface area contributed by atoms with Gasteiger partial charge in [-0.25, -0.2) is 4.99 Å². The van der Waals surface area contributed by atoms with Crippen molar-refractivity contribution in [3.05, 3.63) is 35.9 Å². The summed E-state index contributed by atoms with van der Waals surface area (Å²) >= 11 is 0. The molecule has 4 nitrogen and oxygen atoms in total. The number of carbonyl (C=O) groups excluding carboxylic acids is 1. The van der Waals surface area contributed by atoms with Crippen molar-refractivity contribution < 1.29 is 9.53 Å². The van der Waals surface area contributed by atoms with Crippen LogP contribution in [0.2, 0.25) is 0 Å². The molecule has 0 bridgehead atoms. The fourth-order valence-corrected chi connectivity index (χ4v) is 1.53. The van der Waals surface area contributed by atoms with Crippen LogP contribution in [0, 0.1) is 0 Å². The zero-order valence-corrected chi connectivity index (χ0v) is 9.14.